The molecule has 0 aliphatic carbocycles. The van der Waals surface area contributed by atoms with Gasteiger partial charge in [-0.05, 0) is 43.3 Å². The number of benzene rings is 3. The van der Waals surface area contributed by atoms with Gasteiger partial charge >= 0.3 is 0 Å². The molecule has 7 nitrogen and oxygen atoms in total. The number of carbonyl (C=O) groups is 1. The van der Waals surface area contributed by atoms with E-state index in [-0.39, 0.29) is 10.7 Å². The van der Waals surface area contributed by atoms with Gasteiger partial charge in [-0.25, -0.2) is 8.42 Å². The minimum atomic E-state index is -3.79. The summed E-state index contributed by atoms with van der Waals surface area (Å²) in [5.41, 5.74) is 2.13. The fraction of sp³-hybridized carbons (Fsp3) is 0.174. The number of hydrogen-bond acceptors (Lipinski definition) is 5. The lowest BCUT2D eigenvalue weighted by atomic mass is 10.1. The molecule has 1 heterocycles. The van der Waals surface area contributed by atoms with Gasteiger partial charge in [0.15, 0.2) is 0 Å². The number of nitrogens with one attached hydrogen (secondary N) is 1. The SMILES string of the molecule is COc1ccc(N(C(C)C(=O)Nc2ccc3c(c2)oc2ccccc23)S(C)(=O)=O)cc1Cl. The summed E-state index contributed by atoms with van der Waals surface area (Å²) in [4.78, 5) is 13.0. The number of ether oxygens (including phenoxy) is 1. The van der Waals surface area contributed by atoms with Crippen molar-refractivity contribution in [1.29, 1.82) is 0 Å². The lowest BCUT2D eigenvalue weighted by molar-refractivity contribution is -0.116. The summed E-state index contributed by atoms with van der Waals surface area (Å²) in [7, 11) is -2.33. The van der Waals surface area contributed by atoms with Crippen molar-refractivity contribution in [2.75, 3.05) is 23.0 Å². The van der Waals surface area contributed by atoms with E-state index in [1.807, 2.05) is 30.3 Å². The second-order valence-corrected chi connectivity index (χ2v) is 9.62. The molecule has 0 aliphatic heterocycles. The molecule has 9 heteroatoms. The zero-order chi connectivity index (χ0) is 23.0. The molecule has 1 amide bonds. The highest BCUT2D eigenvalue weighted by Crippen LogP contribution is 2.32. The number of nitrogens with zero attached hydrogens (tertiary/aromatic N) is 1. The van der Waals surface area contributed by atoms with Gasteiger partial charge in [-0.3, -0.25) is 9.10 Å². The van der Waals surface area contributed by atoms with Gasteiger partial charge in [0.1, 0.15) is 23.0 Å². The van der Waals surface area contributed by atoms with Crippen molar-refractivity contribution >= 4 is 60.8 Å². The van der Waals surface area contributed by atoms with Crippen molar-refractivity contribution in [3.05, 3.63) is 65.7 Å². The second-order valence-electron chi connectivity index (χ2n) is 7.35. The highest BCUT2D eigenvalue weighted by Gasteiger charge is 2.30. The van der Waals surface area contributed by atoms with E-state index in [1.54, 1.807) is 18.2 Å². The van der Waals surface area contributed by atoms with Gasteiger partial charge in [-0.15, -0.1) is 0 Å². The van der Waals surface area contributed by atoms with E-state index in [9.17, 15) is 13.2 Å². The molecule has 4 aromatic rings. The topological polar surface area (TPSA) is 88.8 Å². The molecule has 4 rings (SSSR count). The molecule has 166 valence electrons. The van der Waals surface area contributed by atoms with Crippen LogP contribution >= 0.6 is 11.6 Å². The molecule has 0 spiro atoms. The third-order valence-electron chi connectivity index (χ3n) is 5.12. The number of halogens is 1. The van der Waals surface area contributed by atoms with Crippen LogP contribution in [0.3, 0.4) is 0 Å². The summed E-state index contributed by atoms with van der Waals surface area (Å²) in [6, 6.07) is 16.5. The van der Waals surface area contributed by atoms with Gasteiger partial charge < -0.3 is 14.5 Å². The number of amides is 1. The smallest absolute Gasteiger partial charge is 0.247 e. The Labute approximate surface area is 190 Å². The van der Waals surface area contributed by atoms with Crippen LogP contribution in [-0.2, 0) is 14.8 Å². The predicted molar refractivity (Wildman–Crippen MR) is 127 cm³/mol. The molecule has 0 bridgehead atoms. The Balaban J connectivity index is 1.63. The Hall–Kier alpha value is -3.23. The first-order valence-corrected chi connectivity index (χ1v) is 12.0. The number of para-hydroxylation sites is 1. The molecular weight excluding hydrogens is 452 g/mol. The zero-order valence-electron chi connectivity index (χ0n) is 17.6. The second kappa shape index (κ2) is 8.37. The quantitative estimate of drug-likeness (QED) is 0.424. The van der Waals surface area contributed by atoms with Gasteiger partial charge in [0.25, 0.3) is 0 Å². The van der Waals surface area contributed by atoms with Crippen molar-refractivity contribution in [2.45, 2.75) is 13.0 Å². The molecule has 0 saturated carbocycles. The number of rotatable bonds is 6. The fourth-order valence-corrected chi connectivity index (χ4v) is 5.07. The van der Waals surface area contributed by atoms with Crippen molar-refractivity contribution < 1.29 is 22.4 Å². The number of furan rings is 1. The van der Waals surface area contributed by atoms with Crippen molar-refractivity contribution in [2.24, 2.45) is 0 Å². The van der Waals surface area contributed by atoms with E-state index < -0.39 is 22.0 Å². The van der Waals surface area contributed by atoms with E-state index in [0.717, 1.165) is 26.9 Å². The Morgan fingerprint density at radius 1 is 1.06 bits per heavy atom. The Bertz CT molecular complexity index is 1430. The van der Waals surface area contributed by atoms with Crippen LogP contribution in [0.2, 0.25) is 5.02 Å². The molecule has 0 fully saturated rings. The predicted octanol–water partition coefficient (Wildman–Crippen LogP) is 5.04. The van der Waals surface area contributed by atoms with Gasteiger partial charge in [-0.2, -0.15) is 0 Å². The average molecular weight is 473 g/mol. The third-order valence-corrected chi connectivity index (χ3v) is 6.66. The van der Waals surface area contributed by atoms with Crippen LogP contribution in [0.4, 0.5) is 11.4 Å². The molecule has 1 unspecified atom stereocenters. The lowest BCUT2D eigenvalue weighted by Crippen LogP contribution is -2.45. The van der Waals surface area contributed by atoms with Crippen LogP contribution in [0.25, 0.3) is 21.9 Å². The van der Waals surface area contributed by atoms with Crippen molar-refractivity contribution in [3.63, 3.8) is 0 Å². The number of anilines is 2. The molecule has 32 heavy (non-hydrogen) atoms. The standard InChI is InChI=1S/C23H21ClN2O5S/c1-14(26(32(3,28)29)16-9-11-21(30-2)19(24)13-16)23(27)25-15-8-10-18-17-6-4-5-7-20(17)31-22(18)12-15/h4-14H,1-3H3,(H,25,27). The fourth-order valence-electron chi connectivity index (χ4n) is 3.65. The van der Waals surface area contributed by atoms with Crippen LogP contribution in [-0.4, -0.2) is 33.7 Å². The van der Waals surface area contributed by atoms with Gasteiger partial charge in [0.2, 0.25) is 15.9 Å². The number of fused-ring (bicyclic) bond motifs is 3. The molecule has 1 atom stereocenters. The number of carbonyl (C=O) groups excluding carboxylic acids is 1. The maximum absolute atomic E-state index is 13.0. The molecule has 0 radical (unpaired) electrons. The summed E-state index contributed by atoms with van der Waals surface area (Å²) < 4.78 is 37.1. The third kappa shape index (κ3) is 4.11. The first-order chi connectivity index (χ1) is 15.2. The molecule has 0 aliphatic rings. The van der Waals surface area contributed by atoms with E-state index in [1.165, 1.54) is 26.2 Å². The summed E-state index contributed by atoms with van der Waals surface area (Å²) in [6.07, 6.45) is 1.04. The number of hydrogen-bond donors (Lipinski definition) is 1. The summed E-state index contributed by atoms with van der Waals surface area (Å²) in [6.45, 7) is 1.51. The first-order valence-electron chi connectivity index (χ1n) is 9.74. The maximum atomic E-state index is 13.0. The molecule has 3 aromatic carbocycles. The highest BCUT2D eigenvalue weighted by molar-refractivity contribution is 7.92. The molecule has 0 saturated heterocycles. The van der Waals surface area contributed by atoms with Crippen LogP contribution in [0.1, 0.15) is 6.92 Å². The van der Waals surface area contributed by atoms with Gasteiger partial charge in [0, 0.05) is 22.5 Å². The maximum Gasteiger partial charge on any atom is 0.247 e. The normalized spacial score (nSPS) is 12.6. The van der Waals surface area contributed by atoms with Crippen molar-refractivity contribution in [1.82, 2.24) is 0 Å². The minimum absolute atomic E-state index is 0.238. The molecular formula is C23H21ClN2O5S. The largest absolute Gasteiger partial charge is 0.495 e. The summed E-state index contributed by atoms with van der Waals surface area (Å²) in [5, 5.41) is 4.92. The Kier molecular flexibility index (Phi) is 5.75. The molecule has 1 N–H and O–H groups in total. The molecule has 1 aromatic heterocycles. The average Bonchev–Trinajstić information content (AvgIpc) is 3.10. The van der Waals surface area contributed by atoms with Crippen LogP contribution in [0.5, 0.6) is 5.75 Å². The van der Waals surface area contributed by atoms with E-state index in [2.05, 4.69) is 5.32 Å². The zero-order valence-corrected chi connectivity index (χ0v) is 19.2. The first kappa shape index (κ1) is 22.0. The highest BCUT2D eigenvalue weighted by atomic mass is 35.5. The summed E-state index contributed by atoms with van der Waals surface area (Å²) in [5.74, 6) is -0.0991. The number of sulfonamides is 1. The van der Waals surface area contributed by atoms with Crippen LogP contribution < -0.4 is 14.4 Å². The number of methoxy groups -OCH3 is 1. The van der Waals surface area contributed by atoms with E-state index in [0.29, 0.717) is 17.0 Å². The van der Waals surface area contributed by atoms with Gasteiger partial charge in [-0.1, -0.05) is 29.8 Å². The van der Waals surface area contributed by atoms with Crippen molar-refractivity contribution in [3.8, 4) is 5.75 Å². The van der Waals surface area contributed by atoms with E-state index in [4.69, 9.17) is 20.8 Å². The minimum Gasteiger partial charge on any atom is -0.495 e. The summed E-state index contributed by atoms with van der Waals surface area (Å²) >= 11 is 6.17. The van der Waals surface area contributed by atoms with E-state index >= 15 is 0 Å². The Morgan fingerprint density at radius 3 is 2.47 bits per heavy atom. The van der Waals surface area contributed by atoms with Crippen LogP contribution in [0.15, 0.2) is 65.1 Å². The Morgan fingerprint density at radius 2 is 1.78 bits per heavy atom. The van der Waals surface area contributed by atoms with Gasteiger partial charge in [0.05, 0.1) is 24.1 Å². The van der Waals surface area contributed by atoms with Crippen LogP contribution in [0, 0.1) is 0 Å². The monoisotopic (exact) mass is 472 g/mol. The lowest BCUT2D eigenvalue weighted by Gasteiger charge is -2.28.